The van der Waals surface area contributed by atoms with Crippen LogP contribution in [0.4, 0.5) is 5.69 Å². The fourth-order valence-electron chi connectivity index (χ4n) is 1.05. The number of nitrogens with one attached hydrogen (secondary N) is 1. The number of anilines is 1. The van der Waals surface area contributed by atoms with Gasteiger partial charge in [-0.3, -0.25) is 4.79 Å². The van der Waals surface area contributed by atoms with Crippen molar-refractivity contribution in [1.82, 2.24) is 0 Å². The van der Waals surface area contributed by atoms with Crippen LogP contribution < -0.4 is 5.32 Å². The summed E-state index contributed by atoms with van der Waals surface area (Å²) >= 11 is 5.60. The SMILES string of the molecule is COC(=O)c1ccc(NC(=O)[C@H](C)Cl)cc1. The predicted octanol–water partition coefficient (Wildman–Crippen LogP) is 2.04. The van der Waals surface area contributed by atoms with Crippen LogP contribution in [0.1, 0.15) is 17.3 Å². The molecule has 0 heterocycles. The van der Waals surface area contributed by atoms with E-state index in [0.29, 0.717) is 11.3 Å². The molecule has 5 heteroatoms. The summed E-state index contributed by atoms with van der Waals surface area (Å²) in [5.74, 6) is -0.698. The minimum absolute atomic E-state index is 0.285. The second-order valence-corrected chi connectivity index (χ2v) is 3.83. The first-order chi connectivity index (χ1) is 7.54. The maximum Gasteiger partial charge on any atom is 0.337 e. The molecule has 0 saturated carbocycles. The maximum absolute atomic E-state index is 11.3. The Kier molecular flexibility index (Phi) is 4.31. The molecule has 4 nitrogen and oxygen atoms in total. The van der Waals surface area contributed by atoms with Crippen LogP contribution in [-0.2, 0) is 9.53 Å². The van der Waals surface area contributed by atoms with Crippen LogP contribution in [0.2, 0.25) is 0 Å². The number of carbonyl (C=O) groups excluding carboxylic acids is 2. The summed E-state index contributed by atoms with van der Waals surface area (Å²) < 4.78 is 4.55. The Hall–Kier alpha value is -1.55. The highest BCUT2D eigenvalue weighted by molar-refractivity contribution is 6.32. The van der Waals surface area contributed by atoms with Crippen LogP contribution in [0.5, 0.6) is 0 Å². The van der Waals surface area contributed by atoms with E-state index in [1.54, 1.807) is 31.2 Å². The number of hydrogen-bond acceptors (Lipinski definition) is 3. The first-order valence-corrected chi connectivity index (χ1v) is 5.11. The molecule has 0 aliphatic carbocycles. The molecule has 0 fully saturated rings. The van der Waals surface area contributed by atoms with Crippen molar-refractivity contribution in [1.29, 1.82) is 0 Å². The van der Waals surface area contributed by atoms with E-state index in [-0.39, 0.29) is 5.91 Å². The first kappa shape index (κ1) is 12.5. The number of esters is 1. The van der Waals surface area contributed by atoms with Gasteiger partial charge in [0.25, 0.3) is 0 Å². The smallest absolute Gasteiger partial charge is 0.337 e. The fraction of sp³-hybridized carbons (Fsp3) is 0.273. The highest BCUT2D eigenvalue weighted by Crippen LogP contribution is 2.11. The molecule has 1 aromatic carbocycles. The van der Waals surface area contributed by atoms with Crippen LogP contribution in [0, 0.1) is 0 Å². The molecular formula is C11H12ClNO3. The molecule has 16 heavy (non-hydrogen) atoms. The Morgan fingerprint density at radius 3 is 2.31 bits per heavy atom. The molecule has 1 atom stereocenters. The number of benzene rings is 1. The molecule has 0 aliphatic rings. The van der Waals surface area contributed by atoms with Gasteiger partial charge < -0.3 is 10.1 Å². The molecule has 0 saturated heterocycles. The fourth-order valence-corrected chi connectivity index (χ4v) is 1.10. The summed E-state index contributed by atoms with van der Waals surface area (Å²) in [6.07, 6.45) is 0. The van der Waals surface area contributed by atoms with Crippen molar-refractivity contribution in [3.05, 3.63) is 29.8 Å². The summed E-state index contributed by atoms with van der Waals surface area (Å²) in [6.45, 7) is 1.58. The van der Waals surface area contributed by atoms with Crippen molar-refractivity contribution in [2.24, 2.45) is 0 Å². The molecule has 86 valence electrons. The monoisotopic (exact) mass is 241 g/mol. The van der Waals surface area contributed by atoms with E-state index in [1.165, 1.54) is 7.11 Å². The quantitative estimate of drug-likeness (QED) is 0.651. The van der Waals surface area contributed by atoms with Gasteiger partial charge in [0.2, 0.25) is 5.91 Å². The number of amides is 1. The van der Waals surface area contributed by atoms with E-state index in [1.807, 2.05) is 0 Å². The number of rotatable bonds is 3. The molecule has 0 aliphatic heterocycles. The lowest BCUT2D eigenvalue weighted by Gasteiger charge is -2.06. The van der Waals surface area contributed by atoms with Gasteiger partial charge in [-0.25, -0.2) is 4.79 Å². The molecule has 0 unspecified atom stereocenters. The number of halogens is 1. The largest absolute Gasteiger partial charge is 0.465 e. The Morgan fingerprint density at radius 2 is 1.88 bits per heavy atom. The van der Waals surface area contributed by atoms with Gasteiger partial charge in [-0.15, -0.1) is 11.6 Å². The Balaban J connectivity index is 2.72. The standard InChI is InChI=1S/C11H12ClNO3/c1-7(12)10(14)13-9-5-3-8(4-6-9)11(15)16-2/h3-7H,1-2H3,(H,13,14)/t7-/m0/s1. The Labute approximate surface area is 98.5 Å². The summed E-state index contributed by atoms with van der Waals surface area (Å²) in [5.41, 5.74) is 1.02. The van der Waals surface area contributed by atoms with E-state index in [9.17, 15) is 9.59 Å². The molecule has 1 aromatic rings. The molecule has 0 bridgehead atoms. The van der Waals surface area contributed by atoms with Gasteiger partial charge in [-0.05, 0) is 31.2 Å². The van der Waals surface area contributed by atoms with Gasteiger partial charge in [-0.1, -0.05) is 0 Å². The minimum Gasteiger partial charge on any atom is -0.465 e. The van der Waals surface area contributed by atoms with E-state index < -0.39 is 11.3 Å². The number of hydrogen-bond donors (Lipinski definition) is 1. The number of alkyl halides is 1. The zero-order valence-corrected chi connectivity index (χ0v) is 9.75. The van der Waals surface area contributed by atoms with Crippen molar-refractivity contribution < 1.29 is 14.3 Å². The molecule has 1 amide bonds. The third-order valence-electron chi connectivity index (χ3n) is 1.93. The Bertz CT molecular complexity index is 387. The summed E-state index contributed by atoms with van der Waals surface area (Å²) in [7, 11) is 1.31. The number of methoxy groups -OCH3 is 1. The second-order valence-electron chi connectivity index (χ2n) is 3.17. The average Bonchev–Trinajstić information content (AvgIpc) is 2.28. The predicted molar refractivity (Wildman–Crippen MR) is 61.7 cm³/mol. The van der Waals surface area contributed by atoms with Crippen molar-refractivity contribution >= 4 is 29.2 Å². The molecule has 1 rings (SSSR count). The van der Waals surface area contributed by atoms with Crippen LogP contribution in [0.15, 0.2) is 24.3 Å². The third-order valence-corrected chi connectivity index (χ3v) is 2.13. The normalized spacial score (nSPS) is 11.7. The second kappa shape index (κ2) is 5.51. The van der Waals surface area contributed by atoms with E-state index in [4.69, 9.17) is 11.6 Å². The molecule has 0 aromatic heterocycles. The van der Waals surface area contributed by atoms with Gasteiger partial charge in [0.15, 0.2) is 0 Å². The summed E-state index contributed by atoms with van der Waals surface area (Å²) in [6, 6.07) is 6.37. The van der Waals surface area contributed by atoms with Crippen LogP contribution in [-0.4, -0.2) is 24.4 Å². The zero-order chi connectivity index (χ0) is 12.1. The first-order valence-electron chi connectivity index (χ1n) is 4.68. The average molecular weight is 242 g/mol. The van der Waals surface area contributed by atoms with Gasteiger partial charge >= 0.3 is 5.97 Å². The molecule has 0 radical (unpaired) electrons. The molecular weight excluding hydrogens is 230 g/mol. The van der Waals surface area contributed by atoms with Gasteiger partial charge in [0.05, 0.1) is 12.7 Å². The van der Waals surface area contributed by atoms with Crippen molar-refractivity contribution in [2.75, 3.05) is 12.4 Å². The van der Waals surface area contributed by atoms with Crippen molar-refractivity contribution in [2.45, 2.75) is 12.3 Å². The topological polar surface area (TPSA) is 55.4 Å². The third kappa shape index (κ3) is 3.24. The summed E-state index contributed by atoms with van der Waals surface area (Å²) in [4.78, 5) is 22.4. The van der Waals surface area contributed by atoms with E-state index >= 15 is 0 Å². The van der Waals surface area contributed by atoms with E-state index in [0.717, 1.165) is 0 Å². The van der Waals surface area contributed by atoms with Gasteiger partial charge in [0.1, 0.15) is 5.38 Å². The number of carbonyl (C=O) groups is 2. The van der Waals surface area contributed by atoms with Crippen molar-refractivity contribution in [3.8, 4) is 0 Å². The number of ether oxygens (including phenoxy) is 1. The lowest BCUT2D eigenvalue weighted by molar-refractivity contribution is -0.115. The van der Waals surface area contributed by atoms with Crippen LogP contribution in [0.3, 0.4) is 0 Å². The van der Waals surface area contributed by atoms with Crippen LogP contribution in [0.25, 0.3) is 0 Å². The van der Waals surface area contributed by atoms with Crippen LogP contribution >= 0.6 is 11.6 Å². The Morgan fingerprint density at radius 1 is 1.31 bits per heavy atom. The van der Waals surface area contributed by atoms with Gasteiger partial charge in [-0.2, -0.15) is 0 Å². The maximum atomic E-state index is 11.3. The lowest BCUT2D eigenvalue weighted by atomic mass is 10.2. The lowest BCUT2D eigenvalue weighted by Crippen LogP contribution is -2.20. The zero-order valence-electron chi connectivity index (χ0n) is 8.99. The molecule has 0 spiro atoms. The summed E-state index contributed by atoms with van der Waals surface area (Å²) in [5, 5.41) is 2.01. The van der Waals surface area contributed by atoms with Crippen molar-refractivity contribution in [3.63, 3.8) is 0 Å². The minimum atomic E-state index is -0.597. The van der Waals surface area contributed by atoms with Gasteiger partial charge in [0, 0.05) is 5.69 Å². The van der Waals surface area contributed by atoms with E-state index in [2.05, 4.69) is 10.1 Å². The highest BCUT2D eigenvalue weighted by Gasteiger charge is 2.09. The highest BCUT2D eigenvalue weighted by atomic mass is 35.5. The molecule has 1 N–H and O–H groups in total.